The van der Waals surface area contributed by atoms with Gasteiger partial charge in [0.1, 0.15) is 5.75 Å². The molecule has 3 aromatic carbocycles. The van der Waals surface area contributed by atoms with Gasteiger partial charge in [-0.2, -0.15) is 0 Å². The molecule has 190 valence electrons. The molecule has 0 spiro atoms. The van der Waals surface area contributed by atoms with Crippen molar-refractivity contribution < 1.29 is 14.3 Å². The minimum atomic E-state index is -0.219. The van der Waals surface area contributed by atoms with Crippen molar-refractivity contribution in [2.24, 2.45) is 0 Å². The molecular formula is C28H29N5O3S. The average Bonchev–Trinajstić information content (AvgIpc) is 3.32. The van der Waals surface area contributed by atoms with Crippen LogP contribution in [-0.4, -0.2) is 39.4 Å². The largest absolute Gasteiger partial charge is 0.494 e. The zero-order chi connectivity index (χ0) is 26.4. The number of nitrogens with one attached hydrogen (secondary N) is 2. The van der Waals surface area contributed by atoms with Crippen LogP contribution in [0.15, 0.2) is 71.9 Å². The third-order valence-electron chi connectivity index (χ3n) is 5.78. The van der Waals surface area contributed by atoms with Gasteiger partial charge in [0.15, 0.2) is 11.0 Å². The number of anilines is 2. The maximum atomic E-state index is 12.8. The van der Waals surface area contributed by atoms with Crippen molar-refractivity contribution in [1.82, 2.24) is 14.8 Å². The number of amides is 2. The number of carbonyl (C=O) groups is 2. The molecule has 0 saturated heterocycles. The molecule has 4 rings (SSSR count). The van der Waals surface area contributed by atoms with Crippen molar-refractivity contribution in [1.29, 1.82) is 0 Å². The number of aromatic nitrogens is 3. The van der Waals surface area contributed by atoms with E-state index in [-0.39, 0.29) is 17.6 Å². The summed E-state index contributed by atoms with van der Waals surface area (Å²) in [4.78, 5) is 25.4. The van der Waals surface area contributed by atoms with Crippen molar-refractivity contribution in [2.75, 3.05) is 23.5 Å². The Morgan fingerprint density at radius 3 is 2.35 bits per heavy atom. The van der Waals surface area contributed by atoms with Crippen LogP contribution in [0.1, 0.15) is 28.4 Å². The lowest BCUT2D eigenvalue weighted by Gasteiger charge is -2.15. The van der Waals surface area contributed by atoms with Gasteiger partial charge >= 0.3 is 0 Å². The third-order valence-corrected chi connectivity index (χ3v) is 6.75. The second kappa shape index (κ2) is 11.7. The predicted octanol–water partition coefficient (Wildman–Crippen LogP) is 5.57. The molecule has 9 heteroatoms. The molecule has 0 unspecified atom stereocenters. The Balaban J connectivity index is 1.43. The molecule has 0 radical (unpaired) electrons. The van der Waals surface area contributed by atoms with E-state index in [0.717, 1.165) is 17.0 Å². The summed E-state index contributed by atoms with van der Waals surface area (Å²) in [7, 11) is 1.52. The molecule has 1 heterocycles. The monoisotopic (exact) mass is 515 g/mol. The zero-order valence-electron chi connectivity index (χ0n) is 21.2. The number of aryl methyl sites for hydroxylation is 2. The molecule has 0 aliphatic carbocycles. The van der Waals surface area contributed by atoms with Crippen LogP contribution in [-0.2, 0) is 11.3 Å². The van der Waals surface area contributed by atoms with Crippen molar-refractivity contribution in [3.63, 3.8) is 0 Å². The zero-order valence-corrected chi connectivity index (χ0v) is 22.1. The summed E-state index contributed by atoms with van der Waals surface area (Å²) in [6, 6.07) is 20.6. The molecule has 0 aliphatic heterocycles. The summed E-state index contributed by atoms with van der Waals surface area (Å²) >= 11 is 1.32. The highest BCUT2D eigenvalue weighted by Gasteiger charge is 2.17. The SMILES string of the molecule is CCn1c(SCC(=O)Nc2cc(C)c(NC(=O)c3ccccc3)cc2OC)nnc1-c1ccc(C)cc1. The van der Waals surface area contributed by atoms with Crippen LogP contribution in [0.4, 0.5) is 11.4 Å². The summed E-state index contributed by atoms with van der Waals surface area (Å²) in [6.07, 6.45) is 0. The van der Waals surface area contributed by atoms with E-state index < -0.39 is 0 Å². The van der Waals surface area contributed by atoms with E-state index in [4.69, 9.17) is 4.74 Å². The van der Waals surface area contributed by atoms with Crippen molar-refractivity contribution in [3.8, 4) is 17.1 Å². The van der Waals surface area contributed by atoms with E-state index in [1.165, 1.54) is 24.4 Å². The highest BCUT2D eigenvalue weighted by molar-refractivity contribution is 7.99. The highest BCUT2D eigenvalue weighted by Crippen LogP contribution is 2.32. The van der Waals surface area contributed by atoms with E-state index in [0.29, 0.717) is 34.4 Å². The van der Waals surface area contributed by atoms with Crippen molar-refractivity contribution >= 4 is 35.0 Å². The standard InChI is InChI=1S/C28H29N5O3S/c1-5-33-26(20-13-11-18(2)12-14-20)31-32-28(33)37-17-25(34)29-23-15-19(3)22(16-24(23)36-4)30-27(35)21-9-7-6-8-10-21/h6-16H,5,17H2,1-4H3,(H,29,34)(H,30,35). The molecular weight excluding hydrogens is 486 g/mol. The Hall–Kier alpha value is -4.11. The summed E-state index contributed by atoms with van der Waals surface area (Å²) in [6.45, 7) is 6.61. The first kappa shape index (κ1) is 26.0. The summed E-state index contributed by atoms with van der Waals surface area (Å²) in [5.74, 6) is 0.956. The number of thioether (sulfide) groups is 1. The molecule has 0 atom stereocenters. The Kier molecular flexibility index (Phi) is 8.25. The maximum Gasteiger partial charge on any atom is 0.255 e. The van der Waals surface area contributed by atoms with Crippen LogP contribution >= 0.6 is 11.8 Å². The minimum absolute atomic E-state index is 0.153. The van der Waals surface area contributed by atoms with E-state index in [9.17, 15) is 9.59 Å². The molecule has 1 aromatic heterocycles. The molecule has 0 fully saturated rings. The van der Waals surface area contributed by atoms with Gasteiger partial charge in [0, 0.05) is 29.4 Å². The number of rotatable bonds is 9. The number of benzene rings is 3. The molecule has 0 aliphatic rings. The highest BCUT2D eigenvalue weighted by atomic mass is 32.2. The lowest BCUT2D eigenvalue weighted by molar-refractivity contribution is -0.113. The van der Waals surface area contributed by atoms with E-state index in [2.05, 4.69) is 20.8 Å². The predicted molar refractivity (Wildman–Crippen MR) is 147 cm³/mol. The first-order chi connectivity index (χ1) is 17.9. The number of hydrogen-bond donors (Lipinski definition) is 2. The molecule has 37 heavy (non-hydrogen) atoms. The first-order valence-electron chi connectivity index (χ1n) is 11.9. The van der Waals surface area contributed by atoms with Crippen LogP contribution in [0, 0.1) is 13.8 Å². The van der Waals surface area contributed by atoms with Crippen LogP contribution < -0.4 is 15.4 Å². The Morgan fingerprint density at radius 1 is 0.946 bits per heavy atom. The minimum Gasteiger partial charge on any atom is -0.494 e. The molecule has 2 N–H and O–H groups in total. The Morgan fingerprint density at radius 2 is 1.68 bits per heavy atom. The van der Waals surface area contributed by atoms with Gasteiger partial charge in [-0.3, -0.25) is 9.59 Å². The normalized spacial score (nSPS) is 10.7. The van der Waals surface area contributed by atoms with Crippen LogP contribution in [0.2, 0.25) is 0 Å². The number of nitrogens with zero attached hydrogens (tertiary/aromatic N) is 3. The number of carbonyl (C=O) groups excluding carboxylic acids is 2. The maximum absolute atomic E-state index is 12.8. The van der Waals surface area contributed by atoms with Gasteiger partial charge in [-0.05, 0) is 44.5 Å². The third kappa shape index (κ3) is 6.18. The summed E-state index contributed by atoms with van der Waals surface area (Å²) in [5.41, 5.74) is 4.64. The van der Waals surface area contributed by atoms with Gasteiger partial charge in [-0.1, -0.05) is 59.8 Å². The number of ether oxygens (including phenoxy) is 1. The summed E-state index contributed by atoms with van der Waals surface area (Å²) in [5, 5.41) is 15.2. The smallest absolute Gasteiger partial charge is 0.255 e. The molecule has 4 aromatic rings. The lowest BCUT2D eigenvalue weighted by atomic mass is 10.1. The average molecular weight is 516 g/mol. The number of methoxy groups -OCH3 is 1. The van der Waals surface area contributed by atoms with Crippen LogP contribution in [0.25, 0.3) is 11.4 Å². The van der Waals surface area contributed by atoms with E-state index in [1.54, 1.807) is 24.3 Å². The van der Waals surface area contributed by atoms with Crippen molar-refractivity contribution in [2.45, 2.75) is 32.5 Å². The molecule has 0 bridgehead atoms. The molecule has 8 nitrogen and oxygen atoms in total. The summed E-state index contributed by atoms with van der Waals surface area (Å²) < 4.78 is 7.49. The van der Waals surface area contributed by atoms with Crippen molar-refractivity contribution in [3.05, 3.63) is 83.4 Å². The first-order valence-corrected chi connectivity index (χ1v) is 12.9. The van der Waals surface area contributed by atoms with Gasteiger partial charge in [0.05, 0.1) is 18.6 Å². The van der Waals surface area contributed by atoms with Gasteiger partial charge < -0.3 is 19.9 Å². The fourth-order valence-electron chi connectivity index (χ4n) is 3.79. The fourth-order valence-corrected chi connectivity index (χ4v) is 4.59. The van der Waals surface area contributed by atoms with Crippen LogP contribution in [0.3, 0.4) is 0 Å². The van der Waals surface area contributed by atoms with E-state index >= 15 is 0 Å². The van der Waals surface area contributed by atoms with Gasteiger partial charge in [0.25, 0.3) is 5.91 Å². The second-order valence-electron chi connectivity index (χ2n) is 8.44. The van der Waals surface area contributed by atoms with Crippen LogP contribution in [0.5, 0.6) is 5.75 Å². The number of hydrogen-bond acceptors (Lipinski definition) is 6. The Labute approximate surface area is 220 Å². The topological polar surface area (TPSA) is 98.1 Å². The fraction of sp³-hybridized carbons (Fsp3) is 0.214. The quantitative estimate of drug-likeness (QED) is 0.283. The van der Waals surface area contributed by atoms with Gasteiger partial charge in [-0.15, -0.1) is 10.2 Å². The van der Waals surface area contributed by atoms with Gasteiger partial charge in [-0.25, -0.2) is 0 Å². The Bertz CT molecular complexity index is 1400. The van der Waals surface area contributed by atoms with E-state index in [1.807, 2.05) is 67.8 Å². The molecule has 2 amide bonds. The molecule has 0 saturated carbocycles. The second-order valence-corrected chi connectivity index (χ2v) is 9.38. The lowest BCUT2D eigenvalue weighted by Crippen LogP contribution is -2.16. The van der Waals surface area contributed by atoms with Gasteiger partial charge in [0.2, 0.25) is 5.91 Å².